The van der Waals surface area contributed by atoms with Crippen LogP contribution in [0.15, 0.2) is 54.9 Å². The molecule has 3 rings (SSSR count). The van der Waals surface area contributed by atoms with Gasteiger partial charge in [-0.05, 0) is 73.9 Å². The topological polar surface area (TPSA) is 108 Å². The van der Waals surface area contributed by atoms with Gasteiger partial charge in [-0.3, -0.25) is 20.2 Å². The molecule has 154 valence electrons. The molecule has 0 aliphatic carbocycles. The van der Waals surface area contributed by atoms with Crippen molar-refractivity contribution < 1.29 is 9.18 Å². The molecule has 0 radical (unpaired) electrons. The highest BCUT2D eigenvalue weighted by Gasteiger charge is 2.18. The molecule has 0 aliphatic rings. The first-order chi connectivity index (χ1) is 14.3. The van der Waals surface area contributed by atoms with E-state index in [1.807, 2.05) is 13.8 Å². The van der Waals surface area contributed by atoms with Crippen LogP contribution >= 0.6 is 0 Å². The molecule has 30 heavy (non-hydrogen) atoms. The molecule has 0 atom stereocenters. The lowest BCUT2D eigenvalue weighted by Gasteiger charge is -2.23. The zero-order valence-electron chi connectivity index (χ0n) is 17.0. The van der Waals surface area contributed by atoms with Gasteiger partial charge in [0.15, 0.2) is 5.84 Å². The number of carbonyl (C=O) groups excluding carboxylic acids is 1. The van der Waals surface area contributed by atoms with E-state index in [0.717, 1.165) is 11.1 Å². The summed E-state index contributed by atoms with van der Waals surface area (Å²) in [5.74, 6) is 4.83. The van der Waals surface area contributed by atoms with Crippen molar-refractivity contribution in [2.24, 2.45) is 5.84 Å². The summed E-state index contributed by atoms with van der Waals surface area (Å²) in [4.78, 5) is 21.0. The average molecular weight is 406 g/mol. The number of nitrogens with zero attached hydrogens (tertiary/aromatic N) is 3. The van der Waals surface area contributed by atoms with Crippen molar-refractivity contribution in [3.8, 4) is 11.1 Å². The van der Waals surface area contributed by atoms with Gasteiger partial charge in [0.05, 0.1) is 5.56 Å². The van der Waals surface area contributed by atoms with Crippen molar-refractivity contribution in [1.29, 1.82) is 5.41 Å². The van der Waals surface area contributed by atoms with Crippen molar-refractivity contribution in [3.63, 3.8) is 0 Å². The number of aryl methyl sites for hydroxylation is 1. The maximum absolute atomic E-state index is 14.6. The SMILES string of the molecule is Cc1cc(F)c(C(=O)Nc2cccc(C(=N)N(N)C(C)C)n2)cc1-c1ccncc1. The second-order valence-electron chi connectivity index (χ2n) is 7.09. The lowest BCUT2D eigenvalue weighted by Crippen LogP contribution is -2.43. The van der Waals surface area contributed by atoms with Gasteiger partial charge in [0, 0.05) is 18.4 Å². The Balaban J connectivity index is 1.88. The molecule has 2 aromatic heterocycles. The number of benzene rings is 1. The van der Waals surface area contributed by atoms with E-state index in [2.05, 4.69) is 15.3 Å². The smallest absolute Gasteiger partial charge is 0.259 e. The minimum absolute atomic E-state index is 0.0163. The van der Waals surface area contributed by atoms with Crippen LogP contribution in [0, 0.1) is 18.2 Å². The van der Waals surface area contributed by atoms with Crippen LogP contribution in [0.1, 0.15) is 35.5 Å². The predicted octanol–water partition coefficient (Wildman–Crippen LogP) is 3.75. The molecule has 8 heteroatoms. The highest BCUT2D eigenvalue weighted by atomic mass is 19.1. The summed E-state index contributed by atoms with van der Waals surface area (Å²) in [7, 11) is 0. The maximum Gasteiger partial charge on any atom is 0.259 e. The molecule has 4 N–H and O–H groups in total. The zero-order valence-corrected chi connectivity index (χ0v) is 17.0. The van der Waals surface area contributed by atoms with Gasteiger partial charge in [0.25, 0.3) is 5.91 Å². The summed E-state index contributed by atoms with van der Waals surface area (Å²) in [5, 5.41) is 12.0. The van der Waals surface area contributed by atoms with E-state index in [1.54, 1.807) is 49.6 Å². The van der Waals surface area contributed by atoms with E-state index in [1.165, 1.54) is 17.1 Å². The molecule has 0 aliphatic heterocycles. The Hall–Kier alpha value is -3.65. The first kappa shape index (κ1) is 21.1. The number of amidine groups is 1. The van der Waals surface area contributed by atoms with E-state index >= 15 is 0 Å². The van der Waals surface area contributed by atoms with Gasteiger partial charge in [-0.2, -0.15) is 0 Å². The Morgan fingerprint density at radius 1 is 1.20 bits per heavy atom. The normalized spacial score (nSPS) is 10.7. The van der Waals surface area contributed by atoms with Gasteiger partial charge >= 0.3 is 0 Å². The van der Waals surface area contributed by atoms with Crippen molar-refractivity contribution in [3.05, 3.63) is 77.5 Å². The molecule has 1 amide bonds. The Kier molecular flexibility index (Phi) is 6.17. The van der Waals surface area contributed by atoms with Crippen LogP contribution in [0.4, 0.5) is 10.2 Å². The summed E-state index contributed by atoms with van der Waals surface area (Å²) < 4.78 is 14.6. The van der Waals surface area contributed by atoms with E-state index in [-0.39, 0.29) is 23.3 Å². The molecule has 3 aromatic rings. The fourth-order valence-corrected chi connectivity index (χ4v) is 2.90. The summed E-state index contributed by atoms with van der Waals surface area (Å²) in [6.07, 6.45) is 3.28. The van der Waals surface area contributed by atoms with E-state index < -0.39 is 11.7 Å². The van der Waals surface area contributed by atoms with Gasteiger partial charge in [0.2, 0.25) is 0 Å². The van der Waals surface area contributed by atoms with E-state index in [0.29, 0.717) is 11.3 Å². The largest absolute Gasteiger partial charge is 0.306 e. The van der Waals surface area contributed by atoms with Gasteiger partial charge < -0.3 is 5.32 Å². The number of hydrazine groups is 1. The van der Waals surface area contributed by atoms with Crippen LogP contribution in [-0.4, -0.2) is 32.8 Å². The Morgan fingerprint density at radius 3 is 2.57 bits per heavy atom. The van der Waals surface area contributed by atoms with Crippen molar-refractivity contribution >= 4 is 17.6 Å². The molecule has 0 saturated carbocycles. The summed E-state index contributed by atoms with van der Waals surface area (Å²) in [5.41, 5.74) is 2.48. The Labute approximate surface area is 174 Å². The number of hydrogen-bond donors (Lipinski definition) is 3. The predicted molar refractivity (Wildman–Crippen MR) is 115 cm³/mol. The second-order valence-corrected chi connectivity index (χ2v) is 7.09. The van der Waals surface area contributed by atoms with Crippen molar-refractivity contribution in [2.45, 2.75) is 26.8 Å². The number of nitrogens with one attached hydrogen (secondary N) is 2. The molecule has 0 unspecified atom stereocenters. The minimum Gasteiger partial charge on any atom is -0.306 e. The van der Waals surface area contributed by atoms with Crippen molar-refractivity contribution in [2.75, 3.05) is 5.32 Å². The van der Waals surface area contributed by atoms with E-state index in [4.69, 9.17) is 11.3 Å². The summed E-state index contributed by atoms with van der Waals surface area (Å²) in [6.45, 7) is 5.48. The molecule has 1 aromatic carbocycles. The number of hydrogen-bond acceptors (Lipinski definition) is 5. The summed E-state index contributed by atoms with van der Waals surface area (Å²) >= 11 is 0. The van der Waals surface area contributed by atoms with Crippen LogP contribution in [0.2, 0.25) is 0 Å². The van der Waals surface area contributed by atoms with Gasteiger partial charge in [-0.1, -0.05) is 6.07 Å². The van der Waals surface area contributed by atoms with Crippen LogP contribution in [0.3, 0.4) is 0 Å². The number of halogens is 1. The molecule has 2 heterocycles. The van der Waals surface area contributed by atoms with Crippen LogP contribution in [-0.2, 0) is 0 Å². The van der Waals surface area contributed by atoms with Gasteiger partial charge in [0.1, 0.15) is 17.3 Å². The molecular weight excluding hydrogens is 383 g/mol. The number of anilines is 1. The fraction of sp³-hybridized carbons (Fsp3) is 0.182. The first-order valence-electron chi connectivity index (χ1n) is 9.39. The molecule has 0 spiro atoms. The lowest BCUT2D eigenvalue weighted by atomic mass is 9.98. The number of pyridine rings is 2. The third kappa shape index (κ3) is 4.49. The van der Waals surface area contributed by atoms with Crippen LogP contribution in [0.25, 0.3) is 11.1 Å². The number of carbonyl (C=O) groups is 1. The highest BCUT2D eigenvalue weighted by Crippen LogP contribution is 2.26. The lowest BCUT2D eigenvalue weighted by molar-refractivity contribution is 0.102. The number of amides is 1. The second kappa shape index (κ2) is 8.79. The fourth-order valence-electron chi connectivity index (χ4n) is 2.90. The quantitative estimate of drug-likeness (QED) is 0.259. The molecule has 7 nitrogen and oxygen atoms in total. The number of aromatic nitrogens is 2. The Morgan fingerprint density at radius 2 is 1.90 bits per heavy atom. The molecule has 0 fully saturated rings. The van der Waals surface area contributed by atoms with E-state index in [9.17, 15) is 9.18 Å². The monoisotopic (exact) mass is 406 g/mol. The van der Waals surface area contributed by atoms with Crippen LogP contribution in [0.5, 0.6) is 0 Å². The molecule has 0 saturated heterocycles. The highest BCUT2D eigenvalue weighted by molar-refractivity contribution is 6.05. The Bertz CT molecular complexity index is 1080. The molecular formula is C22H23FN6O. The first-order valence-corrected chi connectivity index (χ1v) is 9.39. The average Bonchev–Trinajstić information content (AvgIpc) is 2.73. The van der Waals surface area contributed by atoms with Crippen molar-refractivity contribution in [1.82, 2.24) is 15.0 Å². The standard InChI is InChI=1S/C22H23FN6O/c1-13(2)29(25)21(24)19-5-4-6-20(27-19)28-22(30)17-12-16(14(3)11-18(17)23)15-7-9-26-10-8-15/h4-13,24H,25H2,1-3H3,(H,27,28,30). The van der Waals surface area contributed by atoms with Crippen LogP contribution < -0.4 is 11.2 Å². The third-order valence-corrected chi connectivity index (χ3v) is 4.60. The minimum atomic E-state index is -0.632. The summed E-state index contributed by atoms with van der Waals surface area (Å²) in [6, 6.07) is 11.2. The molecule has 0 bridgehead atoms. The van der Waals surface area contributed by atoms with Gasteiger partial charge in [-0.25, -0.2) is 15.2 Å². The zero-order chi connectivity index (χ0) is 21.8. The third-order valence-electron chi connectivity index (χ3n) is 4.60. The number of rotatable bonds is 5. The number of nitrogens with two attached hydrogens (primary N) is 1. The van der Waals surface area contributed by atoms with Gasteiger partial charge in [-0.15, -0.1) is 0 Å². The maximum atomic E-state index is 14.6.